The van der Waals surface area contributed by atoms with E-state index in [1.807, 2.05) is 0 Å². The molecule has 0 saturated carbocycles. The molecular weight excluding hydrogens is 661 g/mol. The maximum Gasteiger partial charge on any atom is 0.394 e. The monoisotopic (exact) mass is 735 g/mol. The van der Waals surface area contributed by atoms with Gasteiger partial charge in [-0.3, -0.25) is 14.2 Å². The van der Waals surface area contributed by atoms with Crippen LogP contribution in [0.5, 0.6) is 0 Å². The first-order valence-electron chi connectivity index (χ1n) is 20.1. The normalized spacial score (nSPS) is 13.0. The lowest BCUT2D eigenvalue weighted by molar-refractivity contribution is -0.162. The predicted molar refractivity (Wildman–Crippen MR) is 201 cm³/mol. The third kappa shape index (κ3) is 31.2. The topological polar surface area (TPSA) is 110 Å². The van der Waals surface area contributed by atoms with Crippen molar-refractivity contribution in [2.75, 3.05) is 6.61 Å². The molecule has 0 rings (SSSR count). The molecule has 0 fully saturated rings. The van der Waals surface area contributed by atoms with Gasteiger partial charge in [-0.25, -0.2) is 0 Å². The number of rotatable bonds is 36. The summed E-state index contributed by atoms with van der Waals surface area (Å²) in [6, 6.07) is 0. The summed E-state index contributed by atoms with van der Waals surface area (Å²) in [5, 5.41) is 0. The average molecular weight is 735 g/mol. The molecule has 0 radical (unpaired) electrons. The number of hydrogen-bond donors (Lipinski definition) is 2. The molecule has 0 aromatic rings. The van der Waals surface area contributed by atoms with Gasteiger partial charge in [0.25, 0.3) is 0 Å². The second-order valence-electron chi connectivity index (χ2n) is 13.9. The van der Waals surface area contributed by atoms with Crippen LogP contribution >= 0.6 is 7.60 Å². The molecular formula is C40H73F2O7P. The molecule has 0 unspecified atom stereocenters. The standard InChI is InChI=1S/C40H73F2O7P/c1-3-5-7-9-11-13-15-17-19-21-23-25-27-29-31-33-38(43)48-36-37(35-40(41,42)50(45,46)47)49-39(44)34-32-30-28-26-24-22-20-18-16-14-12-10-8-6-4-2/h17-20,37H,3-16,21-36H2,1-2H3,(H2,45,46,47)/b19-17+,20-18+/t37-/m0/s1. The van der Waals surface area contributed by atoms with Crippen molar-refractivity contribution in [3.63, 3.8) is 0 Å². The Morgan fingerprint density at radius 1 is 0.580 bits per heavy atom. The van der Waals surface area contributed by atoms with E-state index in [4.69, 9.17) is 19.3 Å². The Labute approximate surface area is 304 Å². The summed E-state index contributed by atoms with van der Waals surface area (Å²) in [5.74, 6) is -1.36. The predicted octanol–water partition coefficient (Wildman–Crippen LogP) is 12.7. The molecule has 0 heterocycles. The van der Waals surface area contributed by atoms with Gasteiger partial charge in [-0.15, -0.1) is 0 Å². The van der Waals surface area contributed by atoms with Crippen molar-refractivity contribution in [2.24, 2.45) is 0 Å². The zero-order valence-electron chi connectivity index (χ0n) is 31.7. The van der Waals surface area contributed by atoms with E-state index in [0.717, 1.165) is 77.0 Å². The van der Waals surface area contributed by atoms with E-state index in [-0.39, 0.29) is 12.8 Å². The fourth-order valence-corrected chi connectivity index (χ4v) is 6.15. The highest BCUT2D eigenvalue weighted by Gasteiger charge is 2.51. The molecule has 2 N–H and O–H groups in total. The number of hydrogen-bond acceptors (Lipinski definition) is 5. The van der Waals surface area contributed by atoms with Crippen molar-refractivity contribution in [3.8, 4) is 0 Å². The second kappa shape index (κ2) is 33.3. The fourth-order valence-electron chi connectivity index (χ4n) is 5.71. The van der Waals surface area contributed by atoms with Gasteiger partial charge in [0, 0.05) is 12.8 Å². The molecule has 0 saturated heterocycles. The second-order valence-corrected chi connectivity index (χ2v) is 15.6. The van der Waals surface area contributed by atoms with Gasteiger partial charge in [-0.1, -0.05) is 141 Å². The van der Waals surface area contributed by atoms with Gasteiger partial charge >= 0.3 is 25.2 Å². The molecule has 0 spiro atoms. The third-order valence-electron chi connectivity index (χ3n) is 8.91. The van der Waals surface area contributed by atoms with Gasteiger partial charge in [0.1, 0.15) is 12.7 Å². The highest BCUT2D eigenvalue weighted by Crippen LogP contribution is 2.55. The summed E-state index contributed by atoms with van der Waals surface area (Å²) in [5.41, 5.74) is -4.41. The molecule has 7 nitrogen and oxygen atoms in total. The fraction of sp³-hybridized carbons (Fsp3) is 0.850. The van der Waals surface area contributed by atoms with Crippen LogP contribution in [-0.2, 0) is 23.6 Å². The zero-order valence-corrected chi connectivity index (χ0v) is 32.6. The quantitative estimate of drug-likeness (QED) is 0.0285. The Kier molecular flexibility index (Phi) is 32.2. The number of allylic oxidation sites excluding steroid dienone is 4. The van der Waals surface area contributed by atoms with Crippen molar-refractivity contribution >= 4 is 19.5 Å². The lowest BCUT2D eigenvalue weighted by Crippen LogP contribution is -2.32. The Morgan fingerprint density at radius 2 is 0.920 bits per heavy atom. The van der Waals surface area contributed by atoms with Crippen molar-refractivity contribution in [3.05, 3.63) is 24.3 Å². The number of esters is 2. The van der Waals surface area contributed by atoms with Crippen LogP contribution in [0.2, 0.25) is 0 Å². The van der Waals surface area contributed by atoms with E-state index >= 15 is 0 Å². The first-order chi connectivity index (χ1) is 24.0. The number of unbranched alkanes of at least 4 members (excludes halogenated alkanes) is 22. The maximum atomic E-state index is 14.2. The summed E-state index contributed by atoms with van der Waals surface area (Å²) < 4.78 is 49.8. The highest BCUT2D eigenvalue weighted by molar-refractivity contribution is 7.53. The van der Waals surface area contributed by atoms with E-state index in [1.54, 1.807) is 0 Å². The van der Waals surface area contributed by atoms with Crippen LogP contribution < -0.4 is 0 Å². The SMILES string of the molecule is CCCCCCCC/C=C/CCCCCCCC(=O)OC[C@H](CC(F)(F)P(=O)(O)O)OC(=O)CCCCCCC/C=C/CCCCCCCC. The van der Waals surface area contributed by atoms with Gasteiger partial charge < -0.3 is 19.3 Å². The van der Waals surface area contributed by atoms with Crippen LogP contribution in [0.1, 0.15) is 200 Å². The Bertz CT molecular complexity index is 919. The molecule has 294 valence electrons. The van der Waals surface area contributed by atoms with E-state index < -0.39 is 44.3 Å². The van der Waals surface area contributed by atoms with E-state index in [9.17, 15) is 22.9 Å². The van der Waals surface area contributed by atoms with Crippen LogP contribution in [0.3, 0.4) is 0 Å². The first kappa shape index (κ1) is 48.4. The number of ether oxygens (including phenoxy) is 2. The van der Waals surface area contributed by atoms with Crippen LogP contribution in [0, 0.1) is 0 Å². The van der Waals surface area contributed by atoms with Gasteiger partial charge in [0.2, 0.25) is 0 Å². The molecule has 50 heavy (non-hydrogen) atoms. The zero-order chi connectivity index (χ0) is 37.2. The number of carbonyl (C=O) groups excluding carboxylic acids is 2. The molecule has 0 bridgehead atoms. The molecule has 10 heteroatoms. The number of alkyl halides is 2. The summed E-state index contributed by atoms with van der Waals surface area (Å²) in [6.45, 7) is 3.78. The van der Waals surface area contributed by atoms with E-state index in [2.05, 4.69) is 38.2 Å². The lowest BCUT2D eigenvalue weighted by atomic mass is 10.1. The molecule has 0 aliphatic heterocycles. The number of carbonyl (C=O) groups is 2. The van der Waals surface area contributed by atoms with Gasteiger partial charge in [0.05, 0.1) is 6.42 Å². The summed E-state index contributed by atoms with van der Waals surface area (Å²) >= 11 is 0. The van der Waals surface area contributed by atoms with Crippen LogP contribution in [-0.4, -0.2) is 40.1 Å². The Morgan fingerprint density at radius 3 is 1.30 bits per heavy atom. The largest absolute Gasteiger partial charge is 0.462 e. The molecule has 0 amide bonds. The van der Waals surface area contributed by atoms with Gasteiger partial charge in [-0.2, -0.15) is 8.78 Å². The molecule has 0 aliphatic rings. The third-order valence-corrected chi connectivity index (χ3v) is 9.95. The first-order valence-corrected chi connectivity index (χ1v) is 21.7. The Balaban J connectivity index is 4.20. The van der Waals surface area contributed by atoms with Crippen LogP contribution in [0.15, 0.2) is 24.3 Å². The lowest BCUT2D eigenvalue weighted by Gasteiger charge is -2.24. The van der Waals surface area contributed by atoms with Gasteiger partial charge in [-0.05, 0) is 64.2 Å². The van der Waals surface area contributed by atoms with Crippen molar-refractivity contribution < 1.29 is 42.2 Å². The molecule has 0 aromatic carbocycles. The Hall–Kier alpha value is -1.57. The highest BCUT2D eigenvalue weighted by atomic mass is 31.2. The van der Waals surface area contributed by atoms with Crippen molar-refractivity contribution in [2.45, 2.75) is 212 Å². The van der Waals surface area contributed by atoms with Crippen molar-refractivity contribution in [1.29, 1.82) is 0 Å². The summed E-state index contributed by atoms with van der Waals surface area (Å²) in [7, 11) is -5.79. The molecule has 0 aliphatic carbocycles. The van der Waals surface area contributed by atoms with E-state index in [1.165, 1.54) is 77.0 Å². The minimum atomic E-state index is -5.79. The average Bonchev–Trinajstić information content (AvgIpc) is 3.06. The molecule has 1 atom stereocenters. The number of halogens is 2. The smallest absolute Gasteiger partial charge is 0.394 e. The van der Waals surface area contributed by atoms with Gasteiger partial charge in [0.15, 0.2) is 0 Å². The molecule has 0 aromatic heterocycles. The van der Waals surface area contributed by atoms with Crippen molar-refractivity contribution in [1.82, 2.24) is 0 Å². The van der Waals surface area contributed by atoms with E-state index in [0.29, 0.717) is 12.8 Å². The minimum absolute atomic E-state index is 0.000988. The maximum absolute atomic E-state index is 14.2. The minimum Gasteiger partial charge on any atom is -0.462 e. The summed E-state index contributed by atoms with van der Waals surface area (Å²) in [4.78, 5) is 42.8. The van der Waals surface area contributed by atoms with Crippen LogP contribution in [0.25, 0.3) is 0 Å². The van der Waals surface area contributed by atoms with Crippen LogP contribution in [0.4, 0.5) is 8.78 Å². The summed E-state index contributed by atoms with van der Waals surface area (Å²) in [6.07, 6.45) is 34.9.